The van der Waals surface area contributed by atoms with Crippen LogP contribution < -0.4 is 0 Å². The van der Waals surface area contributed by atoms with Crippen molar-refractivity contribution >= 4 is 17.6 Å². The van der Waals surface area contributed by atoms with Gasteiger partial charge < -0.3 is 4.74 Å². The Morgan fingerprint density at radius 3 is 2.56 bits per heavy atom. The lowest BCUT2D eigenvalue weighted by Crippen LogP contribution is -2.37. The van der Waals surface area contributed by atoms with Gasteiger partial charge in [-0.15, -0.1) is 0 Å². The van der Waals surface area contributed by atoms with Gasteiger partial charge in [-0.2, -0.15) is 0 Å². The highest BCUT2D eigenvalue weighted by atomic mass is 35.5. The van der Waals surface area contributed by atoms with Gasteiger partial charge in [0.25, 0.3) is 0 Å². The average molecular weight is 274 g/mol. The molecule has 2 aliphatic rings. The van der Waals surface area contributed by atoms with Crippen molar-refractivity contribution in [2.45, 2.75) is 37.2 Å². The topological polar surface area (TPSA) is 39.2 Å². The van der Waals surface area contributed by atoms with Crippen molar-refractivity contribution in [3.05, 3.63) is 28.5 Å². The predicted octanol–water partition coefficient (Wildman–Crippen LogP) is 3.31. The summed E-state index contributed by atoms with van der Waals surface area (Å²) < 4.78 is 31.7. The van der Waals surface area contributed by atoms with Gasteiger partial charge in [-0.05, 0) is 25.0 Å². The van der Waals surface area contributed by atoms with Crippen LogP contribution in [-0.2, 0) is 10.3 Å². The maximum atomic E-state index is 13.2. The zero-order valence-electron chi connectivity index (χ0n) is 9.38. The van der Waals surface area contributed by atoms with Gasteiger partial charge in [-0.1, -0.05) is 11.6 Å². The highest BCUT2D eigenvalue weighted by molar-refractivity contribution is 6.29. The number of fused-ring (bicyclic) bond motifs is 2. The minimum Gasteiger partial charge on any atom is -0.449 e. The summed E-state index contributed by atoms with van der Waals surface area (Å²) in [6.07, 6.45) is -0.417. The molecule has 1 saturated carbocycles. The van der Waals surface area contributed by atoms with E-state index in [1.54, 1.807) is 0 Å². The van der Waals surface area contributed by atoms with Crippen LogP contribution in [0.3, 0.4) is 0 Å². The highest BCUT2D eigenvalue weighted by Gasteiger charge is 2.52. The number of esters is 1. The van der Waals surface area contributed by atoms with Crippen LogP contribution in [-0.4, -0.2) is 16.9 Å². The van der Waals surface area contributed by atoms with Gasteiger partial charge in [0, 0.05) is 12.8 Å². The quantitative estimate of drug-likeness (QED) is 0.538. The fourth-order valence-electron chi connectivity index (χ4n) is 2.59. The molecule has 0 atom stereocenters. The lowest BCUT2D eigenvalue weighted by atomic mass is 9.80. The van der Waals surface area contributed by atoms with Crippen molar-refractivity contribution in [1.29, 1.82) is 0 Å². The molecule has 3 rings (SSSR count). The van der Waals surface area contributed by atoms with Crippen LogP contribution in [0.25, 0.3) is 0 Å². The van der Waals surface area contributed by atoms with Crippen molar-refractivity contribution in [2.75, 3.05) is 0 Å². The summed E-state index contributed by atoms with van der Waals surface area (Å²) in [7, 11) is 0. The van der Waals surface area contributed by atoms with E-state index in [-0.39, 0.29) is 30.8 Å². The van der Waals surface area contributed by atoms with E-state index < -0.39 is 17.5 Å². The van der Waals surface area contributed by atoms with Crippen LogP contribution in [0.4, 0.5) is 8.78 Å². The van der Waals surface area contributed by atoms with Crippen LogP contribution >= 0.6 is 11.6 Å². The first-order valence-electron chi connectivity index (χ1n) is 5.70. The molecule has 0 radical (unpaired) electrons. The minimum absolute atomic E-state index is 0.0894. The van der Waals surface area contributed by atoms with Gasteiger partial charge in [-0.25, -0.2) is 18.6 Å². The first kappa shape index (κ1) is 11.8. The molecule has 1 aromatic rings. The number of ether oxygens (including phenoxy) is 1. The molecular weight excluding hydrogens is 264 g/mol. The molecule has 6 heteroatoms. The third-order valence-corrected chi connectivity index (χ3v) is 3.80. The second-order valence-electron chi connectivity index (χ2n) is 4.77. The molecule has 1 aliphatic carbocycles. The van der Waals surface area contributed by atoms with E-state index >= 15 is 0 Å². The number of carbonyl (C=O) groups is 1. The zero-order chi connectivity index (χ0) is 13.0. The molecule has 1 fully saturated rings. The summed E-state index contributed by atoms with van der Waals surface area (Å²) in [4.78, 5) is 15.8. The molecule has 1 aromatic heterocycles. The molecule has 0 aromatic carbocycles. The molecule has 0 unspecified atom stereocenters. The van der Waals surface area contributed by atoms with Crippen LogP contribution in [0.2, 0.25) is 5.15 Å². The monoisotopic (exact) mass is 273 g/mol. The summed E-state index contributed by atoms with van der Waals surface area (Å²) in [5.74, 6) is -3.18. The maximum Gasteiger partial charge on any atom is 0.341 e. The van der Waals surface area contributed by atoms with Gasteiger partial charge in [0.1, 0.15) is 10.8 Å². The van der Waals surface area contributed by atoms with Crippen molar-refractivity contribution < 1.29 is 18.3 Å². The SMILES string of the molecule is O=C1OC2(CCC(F)(F)CC2)c2nc(Cl)ccc21. The Kier molecular flexibility index (Phi) is 2.39. The molecule has 0 amide bonds. The average Bonchev–Trinajstić information content (AvgIpc) is 2.57. The molecule has 1 aliphatic heterocycles. The molecule has 0 saturated heterocycles. The van der Waals surface area contributed by atoms with Crippen LogP contribution in [0.1, 0.15) is 41.7 Å². The van der Waals surface area contributed by atoms with E-state index in [1.807, 2.05) is 0 Å². The van der Waals surface area contributed by atoms with Crippen molar-refractivity contribution in [3.8, 4) is 0 Å². The van der Waals surface area contributed by atoms with Crippen molar-refractivity contribution in [3.63, 3.8) is 0 Å². The van der Waals surface area contributed by atoms with Crippen LogP contribution in [0, 0.1) is 0 Å². The Balaban J connectivity index is 2.02. The summed E-state index contributed by atoms with van der Waals surface area (Å²) in [6.45, 7) is 0. The molecule has 1 spiro atoms. The number of hydrogen-bond donors (Lipinski definition) is 0. The Bertz CT molecular complexity index is 523. The standard InChI is InChI=1S/C12H10ClF2NO2/c13-8-2-1-7-9(16-8)11(18-10(7)17)3-5-12(14,15)6-4-11/h1-2H,3-6H2. The lowest BCUT2D eigenvalue weighted by Gasteiger charge is -2.35. The van der Waals surface area contributed by atoms with Crippen molar-refractivity contribution in [1.82, 2.24) is 4.98 Å². The molecule has 18 heavy (non-hydrogen) atoms. The molecule has 0 N–H and O–H groups in total. The Morgan fingerprint density at radius 1 is 1.22 bits per heavy atom. The number of pyridine rings is 1. The smallest absolute Gasteiger partial charge is 0.341 e. The Hall–Kier alpha value is -1.23. The number of nitrogens with zero attached hydrogens (tertiary/aromatic N) is 1. The summed E-state index contributed by atoms with van der Waals surface area (Å²) in [5, 5.41) is 0.240. The van der Waals surface area contributed by atoms with Gasteiger partial charge in [0.2, 0.25) is 5.92 Å². The molecule has 2 heterocycles. The minimum atomic E-state index is -2.68. The zero-order valence-corrected chi connectivity index (χ0v) is 10.1. The second kappa shape index (κ2) is 3.63. The third kappa shape index (κ3) is 1.68. The Morgan fingerprint density at radius 2 is 1.89 bits per heavy atom. The number of halogens is 3. The predicted molar refractivity (Wildman–Crippen MR) is 59.8 cm³/mol. The van der Waals surface area contributed by atoms with E-state index in [0.29, 0.717) is 11.3 Å². The van der Waals surface area contributed by atoms with Gasteiger partial charge in [-0.3, -0.25) is 0 Å². The highest BCUT2D eigenvalue weighted by Crippen LogP contribution is 2.49. The number of alkyl halides is 2. The fraction of sp³-hybridized carbons (Fsp3) is 0.500. The number of aromatic nitrogens is 1. The number of hydrogen-bond acceptors (Lipinski definition) is 3. The van der Waals surface area contributed by atoms with E-state index in [2.05, 4.69) is 4.98 Å². The van der Waals surface area contributed by atoms with E-state index in [0.717, 1.165) is 0 Å². The number of carbonyl (C=O) groups excluding carboxylic acids is 1. The van der Waals surface area contributed by atoms with E-state index in [4.69, 9.17) is 16.3 Å². The van der Waals surface area contributed by atoms with Gasteiger partial charge >= 0.3 is 5.97 Å². The third-order valence-electron chi connectivity index (χ3n) is 3.59. The normalized spacial score (nSPS) is 23.8. The van der Waals surface area contributed by atoms with Crippen LogP contribution in [0.5, 0.6) is 0 Å². The summed E-state index contributed by atoms with van der Waals surface area (Å²) >= 11 is 5.80. The van der Waals surface area contributed by atoms with E-state index in [1.165, 1.54) is 12.1 Å². The second-order valence-corrected chi connectivity index (χ2v) is 5.16. The largest absolute Gasteiger partial charge is 0.449 e. The summed E-state index contributed by atoms with van der Waals surface area (Å²) in [6, 6.07) is 3.03. The fourth-order valence-corrected chi connectivity index (χ4v) is 2.73. The van der Waals surface area contributed by atoms with Gasteiger partial charge in [0.15, 0.2) is 5.60 Å². The van der Waals surface area contributed by atoms with Gasteiger partial charge in [0.05, 0.1) is 5.56 Å². The molecule has 0 bridgehead atoms. The molecule has 96 valence electrons. The Labute approximate surface area is 107 Å². The van der Waals surface area contributed by atoms with Crippen LogP contribution in [0.15, 0.2) is 12.1 Å². The molecule has 3 nitrogen and oxygen atoms in total. The van der Waals surface area contributed by atoms with E-state index in [9.17, 15) is 13.6 Å². The molecular formula is C12H10ClF2NO2. The first-order valence-corrected chi connectivity index (χ1v) is 6.08. The van der Waals surface area contributed by atoms with Crippen molar-refractivity contribution in [2.24, 2.45) is 0 Å². The summed E-state index contributed by atoms with van der Waals surface area (Å²) in [5.41, 5.74) is -0.251. The first-order chi connectivity index (χ1) is 8.42. The lowest BCUT2D eigenvalue weighted by molar-refractivity contribution is -0.108. The maximum absolute atomic E-state index is 13.2. The number of rotatable bonds is 0.